The molecule has 4 aliphatic rings. The van der Waals surface area contributed by atoms with Crippen LogP contribution in [0, 0.1) is 23.2 Å². The van der Waals surface area contributed by atoms with E-state index in [0.29, 0.717) is 24.0 Å². The smallest absolute Gasteiger partial charge is 0.112 e. The van der Waals surface area contributed by atoms with Crippen LogP contribution in [0.4, 0.5) is 0 Å². The molecule has 134 valence electrons. The average Bonchev–Trinajstić information content (AvgIpc) is 3.18. The lowest BCUT2D eigenvalue weighted by Gasteiger charge is -2.52. The summed E-state index contributed by atoms with van der Waals surface area (Å²) in [5, 5.41) is 0. The first-order chi connectivity index (χ1) is 11.6. The molecule has 0 aromatic heterocycles. The predicted octanol–water partition coefficient (Wildman–Crippen LogP) is 4.83. The van der Waals surface area contributed by atoms with E-state index >= 15 is 0 Å². The van der Waals surface area contributed by atoms with Gasteiger partial charge in [0.15, 0.2) is 0 Å². The number of hydrogen-bond acceptors (Lipinski definition) is 3. The first-order valence-electron chi connectivity index (χ1n) is 9.87. The molecule has 3 fully saturated rings. The number of rotatable bonds is 4. The van der Waals surface area contributed by atoms with Crippen molar-refractivity contribution in [3.8, 4) is 0 Å². The number of ether oxygens (including phenoxy) is 1. The zero-order chi connectivity index (χ0) is 16.8. The summed E-state index contributed by atoms with van der Waals surface area (Å²) in [6, 6.07) is 0. The maximum atomic E-state index is 6.16. The minimum atomic E-state index is -0.0395. The van der Waals surface area contributed by atoms with E-state index in [9.17, 15) is 0 Å². The highest BCUT2D eigenvalue weighted by Gasteiger charge is 2.58. The molecule has 3 aliphatic carbocycles. The van der Waals surface area contributed by atoms with E-state index in [1.54, 1.807) is 5.57 Å². The van der Waals surface area contributed by atoms with Gasteiger partial charge >= 0.3 is 0 Å². The van der Waals surface area contributed by atoms with Gasteiger partial charge in [-0.15, -0.1) is 6.58 Å². The lowest BCUT2D eigenvalue weighted by atomic mass is 9.55. The van der Waals surface area contributed by atoms with Crippen molar-refractivity contribution in [2.24, 2.45) is 23.2 Å². The van der Waals surface area contributed by atoms with E-state index in [0.717, 1.165) is 44.1 Å². The van der Waals surface area contributed by atoms with Gasteiger partial charge in [0.1, 0.15) is 5.60 Å². The normalized spacial score (nSPS) is 47.3. The van der Waals surface area contributed by atoms with Gasteiger partial charge in [-0.25, -0.2) is 9.78 Å². The van der Waals surface area contributed by atoms with Crippen molar-refractivity contribution in [2.75, 3.05) is 13.2 Å². The summed E-state index contributed by atoms with van der Waals surface area (Å²) in [5.41, 5.74) is 1.94. The SMILES string of the molecule is C=CCOC1CCC2C3CCC4(CCOO4)C(CC)C3=CC[C@@]12C. The maximum absolute atomic E-state index is 6.16. The summed E-state index contributed by atoms with van der Waals surface area (Å²) >= 11 is 0. The molecule has 6 atom stereocenters. The molecule has 0 amide bonds. The van der Waals surface area contributed by atoms with E-state index < -0.39 is 0 Å². The van der Waals surface area contributed by atoms with Crippen LogP contribution in [0.25, 0.3) is 0 Å². The van der Waals surface area contributed by atoms with Gasteiger partial charge < -0.3 is 4.74 Å². The van der Waals surface area contributed by atoms with E-state index in [-0.39, 0.29) is 5.60 Å². The van der Waals surface area contributed by atoms with Crippen molar-refractivity contribution < 1.29 is 14.5 Å². The second-order valence-corrected chi connectivity index (χ2v) is 8.53. The highest BCUT2D eigenvalue weighted by atomic mass is 17.2. The predicted molar refractivity (Wildman–Crippen MR) is 94.4 cm³/mol. The second-order valence-electron chi connectivity index (χ2n) is 8.53. The molecule has 0 N–H and O–H groups in total. The van der Waals surface area contributed by atoms with Crippen LogP contribution in [0.3, 0.4) is 0 Å². The Morgan fingerprint density at radius 1 is 1.33 bits per heavy atom. The molecule has 0 aromatic rings. The number of fused-ring (bicyclic) bond motifs is 3. The summed E-state index contributed by atoms with van der Waals surface area (Å²) in [5.74, 6) is 2.03. The quantitative estimate of drug-likeness (QED) is 0.545. The number of hydrogen-bond donors (Lipinski definition) is 0. The first-order valence-corrected chi connectivity index (χ1v) is 9.87. The fourth-order valence-corrected chi connectivity index (χ4v) is 6.42. The number of allylic oxidation sites excluding steroid dienone is 1. The molecular formula is C21H32O3. The van der Waals surface area contributed by atoms with E-state index in [4.69, 9.17) is 14.5 Å². The Labute approximate surface area is 146 Å². The second kappa shape index (κ2) is 6.26. The molecule has 3 nitrogen and oxygen atoms in total. The standard InChI is InChI=1S/C21H32O3/c1-4-13-22-19-7-6-18-16-9-11-21(12-14-23-24-21)17(5-2)15(16)8-10-20(18,19)3/h4,8,16-19H,1,5-7,9-14H2,2-3H3/t16?,17?,18?,19?,20-,21?/m1/s1. The molecule has 4 rings (SSSR count). The fourth-order valence-electron chi connectivity index (χ4n) is 6.42. The van der Waals surface area contributed by atoms with Crippen LogP contribution in [0.15, 0.2) is 24.3 Å². The van der Waals surface area contributed by atoms with Crippen LogP contribution in [0.2, 0.25) is 0 Å². The molecule has 3 heteroatoms. The topological polar surface area (TPSA) is 27.7 Å². The largest absolute Gasteiger partial charge is 0.374 e. The molecule has 2 saturated carbocycles. The molecular weight excluding hydrogens is 300 g/mol. The molecule has 24 heavy (non-hydrogen) atoms. The Bertz CT molecular complexity index is 519. The van der Waals surface area contributed by atoms with Gasteiger partial charge in [0.2, 0.25) is 0 Å². The Morgan fingerprint density at radius 3 is 2.92 bits per heavy atom. The van der Waals surface area contributed by atoms with Crippen molar-refractivity contribution >= 4 is 0 Å². The molecule has 0 bridgehead atoms. The molecule has 5 unspecified atom stereocenters. The summed E-state index contributed by atoms with van der Waals surface area (Å²) in [6.45, 7) is 10.0. The van der Waals surface area contributed by atoms with Crippen molar-refractivity contribution in [3.05, 3.63) is 24.3 Å². The highest BCUT2D eigenvalue weighted by Crippen LogP contribution is 2.61. The third-order valence-corrected chi connectivity index (χ3v) is 7.59. The summed E-state index contributed by atoms with van der Waals surface area (Å²) in [7, 11) is 0. The van der Waals surface area contributed by atoms with Gasteiger partial charge in [0.05, 0.1) is 19.3 Å². The molecule has 1 saturated heterocycles. The highest BCUT2D eigenvalue weighted by molar-refractivity contribution is 5.27. The van der Waals surface area contributed by atoms with Crippen molar-refractivity contribution in [3.63, 3.8) is 0 Å². The minimum absolute atomic E-state index is 0.0395. The van der Waals surface area contributed by atoms with E-state index in [1.807, 2.05) is 6.08 Å². The van der Waals surface area contributed by atoms with Crippen LogP contribution in [-0.4, -0.2) is 24.9 Å². The Morgan fingerprint density at radius 2 is 2.21 bits per heavy atom. The van der Waals surface area contributed by atoms with Gasteiger partial charge in [-0.3, -0.25) is 0 Å². The van der Waals surface area contributed by atoms with E-state index in [2.05, 4.69) is 26.5 Å². The Hall–Kier alpha value is -0.640. The third kappa shape index (κ3) is 2.35. The summed E-state index contributed by atoms with van der Waals surface area (Å²) in [4.78, 5) is 11.2. The zero-order valence-corrected chi connectivity index (χ0v) is 15.3. The van der Waals surface area contributed by atoms with Gasteiger partial charge in [-0.2, -0.15) is 0 Å². The van der Waals surface area contributed by atoms with Gasteiger partial charge in [-0.1, -0.05) is 31.6 Å². The fraction of sp³-hybridized carbons (Fsp3) is 0.810. The summed E-state index contributed by atoms with van der Waals surface area (Å²) in [6.07, 6.45) is 13.1. The van der Waals surface area contributed by atoms with Crippen LogP contribution in [-0.2, 0) is 14.5 Å². The van der Waals surface area contributed by atoms with Gasteiger partial charge in [0.25, 0.3) is 0 Å². The molecule has 1 aliphatic heterocycles. The van der Waals surface area contributed by atoms with Crippen LogP contribution < -0.4 is 0 Å². The zero-order valence-electron chi connectivity index (χ0n) is 15.3. The monoisotopic (exact) mass is 332 g/mol. The maximum Gasteiger partial charge on any atom is 0.112 e. The third-order valence-electron chi connectivity index (χ3n) is 7.59. The lowest BCUT2D eigenvalue weighted by molar-refractivity contribution is -0.324. The minimum Gasteiger partial charge on any atom is -0.374 e. The van der Waals surface area contributed by atoms with Crippen molar-refractivity contribution in [1.82, 2.24) is 0 Å². The Balaban J connectivity index is 1.61. The van der Waals surface area contributed by atoms with Crippen LogP contribution in [0.5, 0.6) is 0 Å². The molecule has 0 radical (unpaired) electrons. The van der Waals surface area contributed by atoms with Gasteiger partial charge in [-0.05, 0) is 50.4 Å². The first kappa shape index (κ1) is 16.8. The average molecular weight is 332 g/mol. The lowest BCUT2D eigenvalue weighted by Crippen LogP contribution is -2.49. The summed E-state index contributed by atoms with van der Waals surface area (Å²) < 4.78 is 6.16. The van der Waals surface area contributed by atoms with Crippen molar-refractivity contribution in [1.29, 1.82) is 0 Å². The van der Waals surface area contributed by atoms with Crippen molar-refractivity contribution in [2.45, 2.75) is 70.5 Å². The van der Waals surface area contributed by atoms with E-state index in [1.165, 1.54) is 19.3 Å². The Kier molecular flexibility index (Phi) is 4.39. The van der Waals surface area contributed by atoms with Crippen LogP contribution in [0.1, 0.15) is 58.8 Å². The molecule has 1 heterocycles. The molecule has 0 aromatic carbocycles. The van der Waals surface area contributed by atoms with Gasteiger partial charge in [0, 0.05) is 17.8 Å². The molecule has 1 spiro atoms. The van der Waals surface area contributed by atoms with Crippen LogP contribution >= 0.6 is 0 Å².